The summed E-state index contributed by atoms with van der Waals surface area (Å²) in [4.78, 5) is 14.7. The summed E-state index contributed by atoms with van der Waals surface area (Å²) in [6.45, 7) is 2.38. The van der Waals surface area contributed by atoms with Gasteiger partial charge in [-0.25, -0.2) is 8.42 Å². The monoisotopic (exact) mass is 479 g/mol. The molecule has 1 fully saturated rings. The molecular weight excluding hydrogens is 461 g/mol. The summed E-state index contributed by atoms with van der Waals surface area (Å²) in [6, 6.07) is 13.9. The first-order valence-corrected chi connectivity index (χ1v) is 11.8. The smallest absolute Gasteiger partial charge is 0.259 e. The van der Waals surface area contributed by atoms with Crippen LogP contribution in [0.1, 0.15) is 16.1 Å². The Morgan fingerprint density at radius 2 is 1.58 bits per heavy atom. The molecule has 10 heteroatoms. The van der Waals surface area contributed by atoms with Crippen molar-refractivity contribution in [2.45, 2.75) is 11.8 Å². The third-order valence-electron chi connectivity index (χ3n) is 5.17. The van der Waals surface area contributed by atoms with E-state index in [1.165, 1.54) is 16.4 Å². The lowest BCUT2D eigenvalue weighted by Crippen LogP contribution is -2.50. The minimum absolute atomic E-state index is 0.0682. The van der Waals surface area contributed by atoms with Gasteiger partial charge in [0.15, 0.2) is 0 Å². The number of rotatable bonds is 4. The van der Waals surface area contributed by atoms with E-state index in [1.54, 1.807) is 17.9 Å². The molecule has 0 spiro atoms. The molecule has 0 bridgehead atoms. The molecule has 1 aliphatic heterocycles. The first-order valence-electron chi connectivity index (χ1n) is 9.56. The highest BCUT2D eigenvalue weighted by molar-refractivity contribution is 7.89. The van der Waals surface area contributed by atoms with Crippen LogP contribution in [0, 0.1) is 6.92 Å². The van der Waals surface area contributed by atoms with Crippen LogP contribution in [0.2, 0.25) is 10.0 Å². The lowest BCUT2D eigenvalue weighted by atomic mass is 10.0. The highest BCUT2D eigenvalue weighted by Crippen LogP contribution is 2.32. The second kappa shape index (κ2) is 8.63. The van der Waals surface area contributed by atoms with Gasteiger partial charge < -0.3 is 9.42 Å². The molecule has 0 saturated carbocycles. The number of carbonyl (C=O) groups is 1. The van der Waals surface area contributed by atoms with E-state index in [9.17, 15) is 13.2 Å². The predicted octanol–water partition coefficient (Wildman–Crippen LogP) is 4.10. The number of sulfonamides is 1. The maximum absolute atomic E-state index is 13.2. The summed E-state index contributed by atoms with van der Waals surface area (Å²) in [6.07, 6.45) is 0. The maximum Gasteiger partial charge on any atom is 0.259 e. The second-order valence-corrected chi connectivity index (χ2v) is 9.76. The number of amides is 1. The molecule has 0 atom stereocenters. The van der Waals surface area contributed by atoms with E-state index in [4.69, 9.17) is 27.7 Å². The van der Waals surface area contributed by atoms with Crippen molar-refractivity contribution in [2.24, 2.45) is 0 Å². The van der Waals surface area contributed by atoms with E-state index in [-0.39, 0.29) is 47.0 Å². The molecule has 7 nitrogen and oxygen atoms in total. The van der Waals surface area contributed by atoms with Gasteiger partial charge in [-0.2, -0.15) is 4.31 Å². The zero-order chi connectivity index (χ0) is 22.2. The Bertz CT molecular complexity index is 1200. The number of aromatic nitrogens is 1. The van der Waals surface area contributed by atoms with E-state index in [0.29, 0.717) is 17.0 Å². The Kier molecular flexibility index (Phi) is 6.07. The normalized spacial score (nSPS) is 15.3. The molecule has 1 amide bonds. The number of aryl methyl sites for hydroxylation is 1. The van der Waals surface area contributed by atoms with E-state index < -0.39 is 10.0 Å². The second-order valence-electron chi connectivity index (χ2n) is 7.08. The van der Waals surface area contributed by atoms with Crippen molar-refractivity contribution in [2.75, 3.05) is 26.2 Å². The van der Waals surface area contributed by atoms with E-state index in [2.05, 4.69) is 5.16 Å². The van der Waals surface area contributed by atoms with Gasteiger partial charge in [0.1, 0.15) is 21.9 Å². The number of benzene rings is 2. The van der Waals surface area contributed by atoms with Crippen LogP contribution in [0.25, 0.3) is 11.3 Å². The summed E-state index contributed by atoms with van der Waals surface area (Å²) >= 11 is 12.2. The van der Waals surface area contributed by atoms with Crippen LogP contribution < -0.4 is 0 Å². The fraction of sp³-hybridized carbons (Fsp3) is 0.238. The minimum atomic E-state index is -3.89. The van der Waals surface area contributed by atoms with Gasteiger partial charge >= 0.3 is 0 Å². The Morgan fingerprint density at radius 3 is 2.19 bits per heavy atom. The van der Waals surface area contributed by atoms with Crippen LogP contribution in [0.4, 0.5) is 0 Å². The van der Waals surface area contributed by atoms with Gasteiger partial charge in [0, 0.05) is 31.7 Å². The van der Waals surface area contributed by atoms with E-state index >= 15 is 0 Å². The Morgan fingerprint density at radius 1 is 0.968 bits per heavy atom. The van der Waals surface area contributed by atoms with Crippen LogP contribution in [0.3, 0.4) is 0 Å². The molecule has 4 rings (SSSR count). The first kappa shape index (κ1) is 21.8. The SMILES string of the molecule is Cc1onc(-c2ccccc2)c1C(=O)N1CCN(S(=O)(=O)c2c(Cl)cccc2Cl)CC1. The lowest BCUT2D eigenvalue weighted by Gasteiger charge is -2.34. The van der Waals surface area contributed by atoms with Crippen molar-refractivity contribution >= 4 is 39.1 Å². The molecule has 31 heavy (non-hydrogen) atoms. The molecule has 0 aliphatic carbocycles. The number of halogens is 2. The summed E-state index contributed by atoms with van der Waals surface area (Å²) < 4.78 is 32.7. The molecule has 2 heterocycles. The molecule has 162 valence electrons. The molecule has 0 N–H and O–H groups in total. The van der Waals surface area contributed by atoms with Crippen LogP contribution in [-0.2, 0) is 10.0 Å². The summed E-state index contributed by atoms with van der Waals surface area (Å²) in [5.41, 5.74) is 1.63. The molecule has 1 saturated heterocycles. The number of nitrogens with zero attached hydrogens (tertiary/aromatic N) is 3. The average molecular weight is 480 g/mol. The quantitative estimate of drug-likeness (QED) is 0.562. The summed E-state index contributed by atoms with van der Waals surface area (Å²) in [5, 5.41) is 4.19. The van der Waals surface area contributed by atoms with Gasteiger partial charge in [-0.05, 0) is 19.1 Å². The van der Waals surface area contributed by atoms with Gasteiger partial charge in [-0.15, -0.1) is 0 Å². The van der Waals surface area contributed by atoms with Crippen LogP contribution in [0.15, 0.2) is 57.9 Å². The zero-order valence-corrected chi connectivity index (χ0v) is 18.9. The average Bonchev–Trinajstić information content (AvgIpc) is 3.15. The number of hydrogen-bond acceptors (Lipinski definition) is 5. The van der Waals surface area contributed by atoms with Crippen LogP contribution in [0.5, 0.6) is 0 Å². The van der Waals surface area contributed by atoms with Crippen molar-refractivity contribution in [1.82, 2.24) is 14.4 Å². The fourth-order valence-electron chi connectivity index (χ4n) is 3.56. The van der Waals surface area contributed by atoms with Gasteiger partial charge in [0.05, 0.1) is 10.0 Å². The molecule has 3 aromatic rings. The standard InChI is InChI=1S/C21H19Cl2N3O4S/c1-14-18(19(24-30-14)15-6-3-2-4-7-15)21(27)25-10-12-26(13-11-25)31(28,29)20-16(22)8-5-9-17(20)23/h2-9H,10-13H2,1H3. The Hall–Kier alpha value is -2.39. The van der Waals surface area contributed by atoms with Crippen molar-refractivity contribution in [3.05, 3.63) is 69.9 Å². The molecule has 1 aromatic heterocycles. The van der Waals surface area contributed by atoms with Crippen molar-refractivity contribution in [3.63, 3.8) is 0 Å². The highest BCUT2D eigenvalue weighted by atomic mass is 35.5. The van der Waals surface area contributed by atoms with Gasteiger partial charge in [0.25, 0.3) is 5.91 Å². The Labute approximate surface area is 190 Å². The molecule has 2 aromatic carbocycles. The third kappa shape index (κ3) is 4.08. The highest BCUT2D eigenvalue weighted by Gasteiger charge is 2.34. The van der Waals surface area contributed by atoms with Crippen LogP contribution in [-0.4, -0.2) is 54.9 Å². The zero-order valence-electron chi connectivity index (χ0n) is 16.6. The molecule has 1 aliphatic rings. The van der Waals surface area contributed by atoms with Crippen LogP contribution >= 0.6 is 23.2 Å². The van der Waals surface area contributed by atoms with E-state index in [1.807, 2.05) is 30.3 Å². The fourth-order valence-corrected chi connectivity index (χ4v) is 6.08. The number of piperazine rings is 1. The Balaban J connectivity index is 1.54. The third-order valence-corrected chi connectivity index (χ3v) is 8.02. The van der Waals surface area contributed by atoms with Gasteiger partial charge in [0.2, 0.25) is 10.0 Å². The van der Waals surface area contributed by atoms with Gasteiger partial charge in [-0.1, -0.05) is 64.8 Å². The molecule has 0 radical (unpaired) electrons. The molecular formula is C21H19Cl2N3O4S. The maximum atomic E-state index is 13.2. The number of carbonyl (C=O) groups excluding carboxylic acids is 1. The lowest BCUT2D eigenvalue weighted by molar-refractivity contribution is 0.0696. The van der Waals surface area contributed by atoms with Crippen molar-refractivity contribution < 1.29 is 17.7 Å². The summed E-state index contributed by atoms with van der Waals surface area (Å²) in [7, 11) is -3.89. The minimum Gasteiger partial charge on any atom is -0.360 e. The predicted molar refractivity (Wildman–Crippen MR) is 118 cm³/mol. The topological polar surface area (TPSA) is 83.7 Å². The first-order chi connectivity index (χ1) is 14.8. The molecule has 0 unspecified atom stereocenters. The largest absolute Gasteiger partial charge is 0.360 e. The number of hydrogen-bond donors (Lipinski definition) is 0. The van der Waals surface area contributed by atoms with E-state index in [0.717, 1.165) is 5.56 Å². The van der Waals surface area contributed by atoms with Gasteiger partial charge in [-0.3, -0.25) is 4.79 Å². The van der Waals surface area contributed by atoms with Crippen molar-refractivity contribution in [3.8, 4) is 11.3 Å². The van der Waals surface area contributed by atoms with Crippen molar-refractivity contribution in [1.29, 1.82) is 0 Å². The summed E-state index contributed by atoms with van der Waals surface area (Å²) in [5.74, 6) is 0.173.